The lowest BCUT2D eigenvalue weighted by Gasteiger charge is -2.05. The summed E-state index contributed by atoms with van der Waals surface area (Å²) in [7, 11) is 0. The van der Waals surface area contributed by atoms with Crippen LogP contribution in [0.25, 0.3) is 0 Å². The Morgan fingerprint density at radius 1 is 1.71 bits per heavy atom. The Kier molecular flexibility index (Phi) is 3.63. The van der Waals surface area contributed by atoms with Gasteiger partial charge in [0.25, 0.3) is 0 Å². The second kappa shape index (κ2) is 4.74. The van der Waals surface area contributed by atoms with Crippen molar-refractivity contribution in [2.45, 2.75) is 0 Å². The fourth-order valence-electron chi connectivity index (χ4n) is 0.859. The monoisotopic (exact) mass is 214 g/mol. The van der Waals surface area contributed by atoms with Gasteiger partial charge in [-0.05, 0) is 6.07 Å². The normalized spacial score (nSPS) is 9.57. The Hall–Kier alpha value is -1.38. The standard InChI is InChI=1S/C8H8ClFN4/c9-7-5(4-12)3-6(10)8(14-7)13-2-1-11/h3H,1-2,11H2,(H,13,14). The van der Waals surface area contributed by atoms with Crippen LogP contribution < -0.4 is 11.1 Å². The van der Waals surface area contributed by atoms with Crippen LogP contribution in [0.3, 0.4) is 0 Å². The zero-order valence-electron chi connectivity index (χ0n) is 7.22. The van der Waals surface area contributed by atoms with Crippen molar-refractivity contribution in [3.8, 4) is 6.07 Å². The van der Waals surface area contributed by atoms with Crippen molar-refractivity contribution in [1.82, 2.24) is 4.98 Å². The maximum absolute atomic E-state index is 13.2. The third kappa shape index (κ3) is 2.31. The van der Waals surface area contributed by atoms with Gasteiger partial charge in [0.2, 0.25) is 0 Å². The maximum Gasteiger partial charge on any atom is 0.166 e. The molecule has 0 spiro atoms. The van der Waals surface area contributed by atoms with Gasteiger partial charge >= 0.3 is 0 Å². The molecular weight excluding hydrogens is 207 g/mol. The molecule has 1 rings (SSSR count). The average Bonchev–Trinajstić information content (AvgIpc) is 2.18. The number of rotatable bonds is 3. The molecule has 14 heavy (non-hydrogen) atoms. The highest BCUT2D eigenvalue weighted by molar-refractivity contribution is 6.30. The van der Waals surface area contributed by atoms with E-state index in [9.17, 15) is 4.39 Å². The van der Waals surface area contributed by atoms with Crippen LogP contribution in [0.5, 0.6) is 0 Å². The Morgan fingerprint density at radius 2 is 2.43 bits per heavy atom. The van der Waals surface area contributed by atoms with Crippen LogP contribution in [0.2, 0.25) is 5.15 Å². The molecule has 0 aliphatic heterocycles. The minimum Gasteiger partial charge on any atom is -0.366 e. The second-order valence-corrected chi connectivity index (χ2v) is 2.84. The van der Waals surface area contributed by atoms with Crippen molar-refractivity contribution in [2.24, 2.45) is 5.73 Å². The van der Waals surface area contributed by atoms with Gasteiger partial charge in [-0.2, -0.15) is 5.26 Å². The highest BCUT2D eigenvalue weighted by Crippen LogP contribution is 2.19. The molecule has 0 atom stereocenters. The molecule has 0 saturated carbocycles. The largest absolute Gasteiger partial charge is 0.366 e. The number of nitriles is 1. The van der Waals surface area contributed by atoms with E-state index in [1.165, 1.54) is 0 Å². The number of anilines is 1. The number of nitrogens with two attached hydrogens (primary N) is 1. The zero-order valence-corrected chi connectivity index (χ0v) is 7.98. The van der Waals surface area contributed by atoms with Crippen molar-refractivity contribution >= 4 is 17.4 Å². The van der Waals surface area contributed by atoms with Crippen molar-refractivity contribution in [3.63, 3.8) is 0 Å². The van der Waals surface area contributed by atoms with E-state index in [1.807, 2.05) is 0 Å². The lowest BCUT2D eigenvalue weighted by atomic mass is 10.3. The van der Waals surface area contributed by atoms with Gasteiger partial charge in [0.05, 0.1) is 5.56 Å². The van der Waals surface area contributed by atoms with Gasteiger partial charge in [0.1, 0.15) is 11.2 Å². The number of nitrogens with zero attached hydrogens (tertiary/aromatic N) is 2. The minimum absolute atomic E-state index is 0.0134. The number of halogens is 2. The topological polar surface area (TPSA) is 74.7 Å². The molecule has 0 bridgehead atoms. The zero-order chi connectivity index (χ0) is 10.6. The molecule has 0 unspecified atom stereocenters. The number of pyridine rings is 1. The summed E-state index contributed by atoms with van der Waals surface area (Å²) >= 11 is 5.61. The Balaban J connectivity index is 2.98. The lowest BCUT2D eigenvalue weighted by molar-refractivity contribution is 0.624. The summed E-state index contributed by atoms with van der Waals surface area (Å²) in [5.74, 6) is -0.598. The van der Waals surface area contributed by atoms with Crippen LogP contribution in [-0.4, -0.2) is 18.1 Å². The maximum atomic E-state index is 13.2. The van der Waals surface area contributed by atoms with E-state index < -0.39 is 5.82 Å². The first-order valence-electron chi connectivity index (χ1n) is 3.89. The summed E-state index contributed by atoms with van der Waals surface area (Å²) in [5, 5.41) is 11.2. The van der Waals surface area contributed by atoms with Crippen molar-refractivity contribution in [3.05, 3.63) is 22.6 Å². The van der Waals surface area contributed by atoms with Crippen LogP contribution in [0, 0.1) is 17.1 Å². The summed E-state index contributed by atoms with van der Waals surface area (Å²) in [6.07, 6.45) is 0. The van der Waals surface area contributed by atoms with Gasteiger partial charge in [-0.3, -0.25) is 0 Å². The molecule has 0 amide bonds. The van der Waals surface area contributed by atoms with E-state index in [0.29, 0.717) is 13.1 Å². The van der Waals surface area contributed by atoms with Crippen LogP contribution in [0.4, 0.5) is 10.2 Å². The summed E-state index contributed by atoms with van der Waals surface area (Å²) in [6.45, 7) is 0.755. The fraction of sp³-hybridized carbons (Fsp3) is 0.250. The van der Waals surface area contributed by atoms with Crippen molar-refractivity contribution in [1.29, 1.82) is 5.26 Å². The fourth-order valence-corrected chi connectivity index (χ4v) is 1.04. The Labute approximate surface area is 85.5 Å². The molecule has 74 valence electrons. The Bertz CT molecular complexity index is 374. The van der Waals surface area contributed by atoms with Crippen molar-refractivity contribution < 1.29 is 4.39 Å². The minimum atomic E-state index is -0.612. The number of nitrogens with one attached hydrogen (secondary N) is 1. The molecular formula is C8H8ClFN4. The molecule has 0 aromatic carbocycles. The van der Waals surface area contributed by atoms with E-state index in [0.717, 1.165) is 6.07 Å². The molecule has 0 aliphatic rings. The molecule has 4 nitrogen and oxygen atoms in total. The third-order valence-corrected chi connectivity index (χ3v) is 1.77. The van der Waals surface area contributed by atoms with Gasteiger partial charge < -0.3 is 11.1 Å². The lowest BCUT2D eigenvalue weighted by Crippen LogP contribution is -2.15. The van der Waals surface area contributed by atoms with Gasteiger partial charge in [-0.25, -0.2) is 9.37 Å². The first kappa shape index (κ1) is 10.7. The third-order valence-electron chi connectivity index (χ3n) is 1.49. The second-order valence-electron chi connectivity index (χ2n) is 2.48. The number of hydrogen-bond acceptors (Lipinski definition) is 4. The molecule has 0 saturated heterocycles. The predicted octanol–water partition coefficient (Wildman–Crippen LogP) is 1.12. The summed E-state index contributed by atoms with van der Waals surface area (Å²) in [5.41, 5.74) is 5.24. The average molecular weight is 215 g/mol. The van der Waals surface area contributed by atoms with E-state index in [2.05, 4.69) is 10.3 Å². The SMILES string of the molecule is N#Cc1cc(F)c(NCCN)nc1Cl. The predicted molar refractivity (Wildman–Crippen MR) is 51.5 cm³/mol. The van der Waals surface area contributed by atoms with Crippen LogP contribution >= 0.6 is 11.6 Å². The van der Waals surface area contributed by atoms with E-state index in [-0.39, 0.29) is 16.5 Å². The van der Waals surface area contributed by atoms with Crippen LogP contribution in [0.1, 0.15) is 5.56 Å². The van der Waals surface area contributed by atoms with Gasteiger partial charge in [-0.1, -0.05) is 11.6 Å². The molecule has 1 heterocycles. The van der Waals surface area contributed by atoms with E-state index in [1.54, 1.807) is 6.07 Å². The van der Waals surface area contributed by atoms with Gasteiger partial charge in [0.15, 0.2) is 11.6 Å². The molecule has 0 fully saturated rings. The number of aromatic nitrogens is 1. The van der Waals surface area contributed by atoms with Crippen LogP contribution in [0.15, 0.2) is 6.07 Å². The van der Waals surface area contributed by atoms with Crippen LogP contribution in [-0.2, 0) is 0 Å². The van der Waals surface area contributed by atoms with Crippen molar-refractivity contribution in [2.75, 3.05) is 18.4 Å². The molecule has 3 N–H and O–H groups in total. The molecule has 0 aliphatic carbocycles. The molecule has 1 aromatic heterocycles. The summed E-state index contributed by atoms with van der Waals surface area (Å²) in [4.78, 5) is 3.68. The van der Waals surface area contributed by atoms with E-state index >= 15 is 0 Å². The summed E-state index contributed by atoms with van der Waals surface area (Å²) < 4.78 is 13.2. The highest BCUT2D eigenvalue weighted by Gasteiger charge is 2.09. The first-order chi connectivity index (χ1) is 6.69. The van der Waals surface area contributed by atoms with E-state index in [4.69, 9.17) is 22.6 Å². The molecule has 0 radical (unpaired) electrons. The first-order valence-corrected chi connectivity index (χ1v) is 4.27. The Morgan fingerprint density at radius 3 is 3.00 bits per heavy atom. The van der Waals surface area contributed by atoms with Gasteiger partial charge in [0, 0.05) is 13.1 Å². The molecule has 1 aromatic rings. The molecule has 6 heteroatoms. The smallest absolute Gasteiger partial charge is 0.166 e. The quantitative estimate of drug-likeness (QED) is 0.740. The van der Waals surface area contributed by atoms with Gasteiger partial charge in [-0.15, -0.1) is 0 Å². The highest BCUT2D eigenvalue weighted by atomic mass is 35.5. The summed E-state index contributed by atoms with van der Waals surface area (Å²) in [6, 6.07) is 2.77. The number of hydrogen-bond donors (Lipinski definition) is 2.